The third kappa shape index (κ3) is 3.62. The lowest BCUT2D eigenvalue weighted by Crippen LogP contribution is -2.26. The minimum absolute atomic E-state index is 0.246. The van der Waals surface area contributed by atoms with E-state index >= 15 is 0 Å². The number of nitrogens with one attached hydrogen (secondary N) is 2. The summed E-state index contributed by atoms with van der Waals surface area (Å²) in [5, 5.41) is 6.19. The summed E-state index contributed by atoms with van der Waals surface area (Å²) in [5.41, 5.74) is 1.26. The number of amides is 2. The molecule has 0 radical (unpaired) electrons. The Morgan fingerprint density at radius 2 is 1.82 bits per heavy atom. The monoisotopic (exact) mass is 315 g/mol. The lowest BCUT2D eigenvalue weighted by Gasteiger charge is -2.07. The van der Waals surface area contributed by atoms with Crippen molar-refractivity contribution in [1.29, 1.82) is 0 Å². The van der Waals surface area contributed by atoms with Gasteiger partial charge in [0.05, 0.1) is 0 Å². The van der Waals surface area contributed by atoms with Gasteiger partial charge in [0, 0.05) is 28.5 Å². The molecule has 112 valence electrons. The number of carbonyl (C=O) groups excluding carboxylic acids is 2. The number of hydrogen-bond donors (Lipinski definition) is 2. The molecule has 2 N–H and O–H groups in total. The maximum atomic E-state index is 12.2. The quantitative estimate of drug-likeness (QED) is 0.911. The molecule has 0 saturated heterocycles. The van der Waals surface area contributed by atoms with Crippen LogP contribution in [0.4, 0.5) is 5.69 Å². The van der Waals surface area contributed by atoms with Crippen LogP contribution in [0.1, 0.15) is 33.7 Å². The van der Waals surface area contributed by atoms with Gasteiger partial charge in [-0.1, -0.05) is 11.6 Å². The molecule has 3 rings (SSSR count). The van der Waals surface area contributed by atoms with Gasteiger partial charge in [-0.25, -0.2) is 0 Å². The highest BCUT2D eigenvalue weighted by molar-refractivity contribution is 6.30. The molecule has 1 aromatic heterocycles. The first-order valence-electron chi connectivity index (χ1n) is 6.95. The summed E-state index contributed by atoms with van der Waals surface area (Å²) in [6, 6.07) is 10.1. The van der Waals surface area contributed by atoms with Crippen molar-refractivity contribution in [3.05, 3.63) is 58.9 Å². The molecule has 1 aliphatic rings. The molecule has 0 spiro atoms. The van der Waals surface area contributed by atoms with Gasteiger partial charge in [-0.2, -0.15) is 0 Å². The minimum Gasteiger partial charge on any atom is -0.348 e. The molecule has 0 aliphatic heterocycles. The number of carbonyl (C=O) groups is 2. The van der Waals surface area contributed by atoms with Gasteiger partial charge in [0.1, 0.15) is 5.69 Å². The highest BCUT2D eigenvalue weighted by Crippen LogP contribution is 2.19. The van der Waals surface area contributed by atoms with Crippen molar-refractivity contribution in [3.63, 3.8) is 0 Å². The Morgan fingerprint density at radius 3 is 2.50 bits per heavy atom. The summed E-state index contributed by atoms with van der Waals surface area (Å²) in [4.78, 5) is 28.2. The highest BCUT2D eigenvalue weighted by Gasteiger charge is 2.24. The number of benzene rings is 1. The number of rotatable bonds is 4. The molecule has 1 saturated carbocycles. The predicted octanol–water partition coefficient (Wildman–Crippen LogP) is 2.88. The van der Waals surface area contributed by atoms with E-state index < -0.39 is 0 Å². The number of pyridine rings is 1. The van der Waals surface area contributed by atoms with Crippen LogP contribution >= 0.6 is 11.6 Å². The molecule has 6 heteroatoms. The Hall–Kier alpha value is -2.40. The number of anilines is 1. The fourth-order valence-corrected chi connectivity index (χ4v) is 2.05. The van der Waals surface area contributed by atoms with E-state index in [0.29, 0.717) is 16.3 Å². The van der Waals surface area contributed by atoms with E-state index in [1.807, 2.05) is 0 Å². The molecule has 5 nitrogen and oxygen atoms in total. The summed E-state index contributed by atoms with van der Waals surface area (Å²) >= 11 is 5.80. The lowest BCUT2D eigenvalue weighted by atomic mass is 10.2. The van der Waals surface area contributed by atoms with Gasteiger partial charge in [-0.05, 0) is 49.2 Å². The van der Waals surface area contributed by atoms with Crippen LogP contribution in [0.2, 0.25) is 5.02 Å². The second-order valence-electron chi connectivity index (χ2n) is 5.14. The Balaban J connectivity index is 1.71. The van der Waals surface area contributed by atoms with E-state index in [9.17, 15) is 9.59 Å². The van der Waals surface area contributed by atoms with Crippen molar-refractivity contribution in [3.8, 4) is 0 Å². The van der Waals surface area contributed by atoms with Crippen LogP contribution in [-0.2, 0) is 0 Å². The van der Waals surface area contributed by atoms with Crippen LogP contribution in [0.25, 0.3) is 0 Å². The van der Waals surface area contributed by atoms with E-state index in [4.69, 9.17) is 11.6 Å². The molecule has 1 aromatic carbocycles. The van der Waals surface area contributed by atoms with Gasteiger partial charge < -0.3 is 10.6 Å². The van der Waals surface area contributed by atoms with Crippen LogP contribution in [0, 0.1) is 0 Å². The number of hydrogen-bond acceptors (Lipinski definition) is 3. The average molecular weight is 316 g/mol. The maximum Gasteiger partial charge on any atom is 0.270 e. The first-order chi connectivity index (χ1) is 10.6. The van der Waals surface area contributed by atoms with Crippen LogP contribution in [0.3, 0.4) is 0 Å². The summed E-state index contributed by atoms with van der Waals surface area (Å²) in [5.74, 6) is -0.547. The summed E-state index contributed by atoms with van der Waals surface area (Å²) in [6.07, 6.45) is 3.46. The first-order valence-corrected chi connectivity index (χ1v) is 7.33. The maximum absolute atomic E-state index is 12.2. The van der Waals surface area contributed by atoms with Gasteiger partial charge in [-0.3, -0.25) is 14.6 Å². The second-order valence-corrected chi connectivity index (χ2v) is 5.57. The van der Waals surface area contributed by atoms with Crippen molar-refractivity contribution in [2.45, 2.75) is 18.9 Å². The normalized spacial score (nSPS) is 13.5. The number of halogens is 1. The molecule has 2 amide bonds. The summed E-state index contributed by atoms with van der Waals surface area (Å²) < 4.78 is 0. The number of aromatic nitrogens is 1. The zero-order valence-corrected chi connectivity index (χ0v) is 12.4. The van der Waals surface area contributed by atoms with Crippen LogP contribution in [0.15, 0.2) is 42.6 Å². The van der Waals surface area contributed by atoms with Crippen molar-refractivity contribution in [1.82, 2.24) is 10.3 Å². The van der Waals surface area contributed by atoms with Gasteiger partial charge in [-0.15, -0.1) is 0 Å². The second kappa shape index (κ2) is 6.15. The molecule has 0 unspecified atom stereocenters. The SMILES string of the molecule is O=C(Nc1ccc(Cl)cc1)c1ccnc(C(=O)NC2CC2)c1. The molecule has 22 heavy (non-hydrogen) atoms. The first kappa shape index (κ1) is 14.5. The molecule has 0 atom stereocenters. The van der Waals surface area contributed by atoms with Crippen molar-refractivity contribution < 1.29 is 9.59 Å². The van der Waals surface area contributed by atoms with E-state index in [1.165, 1.54) is 12.3 Å². The third-order valence-corrected chi connectivity index (χ3v) is 3.52. The standard InChI is InChI=1S/C16H14ClN3O2/c17-11-1-3-12(4-2-11)19-15(21)10-7-8-18-14(9-10)16(22)20-13-5-6-13/h1-4,7-9,13H,5-6H2,(H,19,21)(H,20,22). The average Bonchev–Trinajstić information content (AvgIpc) is 3.33. The van der Waals surface area contributed by atoms with Crippen LogP contribution in [-0.4, -0.2) is 22.8 Å². The summed E-state index contributed by atoms with van der Waals surface area (Å²) in [7, 11) is 0. The van der Waals surface area contributed by atoms with E-state index in [1.54, 1.807) is 30.3 Å². The largest absolute Gasteiger partial charge is 0.348 e. The lowest BCUT2D eigenvalue weighted by molar-refractivity contribution is 0.0946. The smallest absolute Gasteiger partial charge is 0.270 e. The topological polar surface area (TPSA) is 71.1 Å². The Morgan fingerprint density at radius 1 is 1.09 bits per heavy atom. The molecule has 0 bridgehead atoms. The zero-order chi connectivity index (χ0) is 15.5. The van der Waals surface area contributed by atoms with Crippen molar-refractivity contribution >= 4 is 29.1 Å². The van der Waals surface area contributed by atoms with Gasteiger partial charge >= 0.3 is 0 Å². The molecule has 2 aromatic rings. The van der Waals surface area contributed by atoms with Crippen molar-refractivity contribution in [2.24, 2.45) is 0 Å². The fourth-order valence-electron chi connectivity index (χ4n) is 1.92. The molecule has 1 fully saturated rings. The van der Waals surface area contributed by atoms with Gasteiger partial charge in [0.25, 0.3) is 11.8 Å². The molecule has 1 aliphatic carbocycles. The third-order valence-electron chi connectivity index (χ3n) is 3.27. The zero-order valence-electron chi connectivity index (χ0n) is 11.7. The molecular formula is C16H14ClN3O2. The minimum atomic E-state index is -0.301. The van der Waals surface area contributed by atoms with E-state index in [-0.39, 0.29) is 23.6 Å². The highest BCUT2D eigenvalue weighted by atomic mass is 35.5. The molecular weight excluding hydrogens is 302 g/mol. The Kier molecular flexibility index (Phi) is 4.06. The fraction of sp³-hybridized carbons (Fsp3) is 0.188. The van der Waals surface area contributed by atoms with Crippen LogP contribution in [0.5, 0.6) is 0 Å². The van der Waals surface area contributed by atoms with Gasteiger partial charge in [0.15, 0.2) is 0 Å². The number of nitrogens with zero attached hydrogens (tertiary/aromatic N) is 1. The molecule has 1 heterocycles. The van der Waals surface area contributed by atoms with Gasteiger partial charge in [0.2, 0.25) is 0 Å². The van der Waals surface area contributed by atoms with Crippen molar-refractivity contribution in [2.75, 3.05) is 5.32 Å². The Bertz CT molecular complexity index is 712. The van der Waals surface area contributed by atoms with E-state index in [2.05, 4.69) is 15.6 Å². The predicted molar refractivity (Wildman–Crippen MR) is 84.1 cm³/mol. The summed E-state index contributed by atoms with van der Waals surface area (Å²) in [6.45, 7) is 0. The van der Waals surface area contributed by atoms with Crippen LogP contribution < -0.4 is 10.6 Å². The van der Waals surface area contributed by atoms with E-state index in [0.717, 1.165) is 12.8 Å². The Labute approximate surface area is 132 Å².